The Balaban J connectivity index is 2.58. The van der Waals surface area contributed by atoms with Crippen LogP contribution in [0.4, 0.5) is 0 Å². The fraction of sp³-hybridized carbons (Fsp3) is 0.533. The van der Waals surface area contributed by atoms with E-state index in [-0.39, 0.29) is 10.9 Å². The molecule has 1 unspecified atom stereocenters. The van der Waals surface area contributed by atoms with Crippen LogP contribution in [0.1, 0.15) is 33.3 Å². The summed E-state index contributed by atoms with van der Waals surface area (Å²) in [6.07, 6.45) is 1.17. The lowest BCUT2D eigenvalue weighted by molar-refractivity contribution is -0.157. The van der Waals surface area contributed by atoms with Crippen molar-refractivity contribution >= 4 is 15.8 Å². The second-order valence-electron chi connectivity index (χ2n) is 6.05. The molecule has 0 aliphatic rings. The van der Waals surface area contributed by atoms with Crippen molar-refractivity contribution < 1.29 is 17.9 Å². The minimum absolute atomic E-state index is 0.284. The van der Waals surface area contributed by atoms with Crippen molar-refractivity contribution in [1.82, 2.24) is 5.32 Å². The Morgan fingerprint density at radius 2 is 1.76 bits per heavy atom. The molecule has 1 aromatic rings. The molecule has 5 nitrogen and oxygen atoms in total. The maximum Gasteiger partial charge on any atom is 0.323 e. The molecular formula is C15H23NO4S. The smallest absolute Gasteiger partial charge is 0.323 e. The Hall–Kier alpha value is -1.40. The lowest BCUT2D eigenvalue weighted by Crippen LogP contribution is -2.38. The van der Waals surface area contributed by atoms with E-state index in [0.29, 0.717) is 6.54 Å². The van der Waals surface area contributed by atoms with Gasteiger partial charge < -0.3 is 10.1 Å². The lowest BCUT2D eigenvalue weighted by atomic mass is 10.2. The van der Waals surface area contributed by atoms with Crippen LogP contribution < -0.4 is 5.32 Å². The van der Waals surface area contributed by atoms with Crippen LogP contribution in [0.25, 0.3) is 0 Å². The minimum atomic E-state index is -3.18. The number of nitrogens with one attached hydrogen (secondary N) is 1. The van der Waals surface area contributed by atoms with Crippen LogP contribution in [0.2, 0.25) is 0 Å². The topological polar surface area (TPSA) is 72.5 Å². The highest BCUT2D eigenvalue weighted by atomic mass is 32.2. The molecule has 0 spiro atoms. The van der Waals surface area contributed by atoms with E-state index in [0.717, 1.165) is 5.56 Å². The van der Waals surface area contributed by atoms with Gasteiger partial charge in [-0.1, -0.05) is 12.1 Å². The number of esters is 1. The summed E-state index contributed by atoms with van der Waals surface area (Å²) < 4.78 is 28.0. The van der Waals surface area contributed by atoms with Crippen LogP contribution in [0, 0.1) is 0 Å². The fourth-order valence-corrected chi connectivity index (χ4v) is 2.23. The Kier molecular flexibility index (Phi) is 5.53. The molecule has 0 radical (unpaired) electrons. The van der Waals surface area contributed by atoms with Gasteiger partial charge in [0.1, 0.15) is 11.6 Å². The van der Waals surface area contributed by atoms with Crippen molar-refractivity contribution in [3.05, 3.63) is 29.8 Å². The number of carbonyl (C=O) groups is 1. The normalized spacial score (nSPS) is 13.8. The molecule has 0 heterocycles. The van der Waals surface area contributed by atoms with Gasteiger partial charge in [0.15, 0.2) is 9.84 Å². The van der Waals surface area contributed by atoms with E-state index in [2.05, 4.69) is 5.32 Å². The summed E-state index contributed by atoms with van der Waals surface area (Å²) in [7, 11) is -3.18. The highest BCUT2D eigenvalue weighted by Gasteiger charge is 2.21. The number of hydrogen-bond acceptors (Lipinski definition) is 5. The molecule has 0 fully saturated rings. The zero-order valence-electron chi connectivity index (χ0n) is 13.1. The molecule has 1 atom stereocenters. The zero-order chi connectivity index (χ0) is 16.3. The first-order valence-electron chi connectivity index (χ1n) is 6.74. The van der Waals surface area contributed by atoms with Gasteiger partial charge in [-0.05, 0) is 45.4 Å². The van der Waals surface area contributed by atoms with Gasteiger partial charge >= 0.3 is 5.97 Å². The number of ether oxygens (including phenoxy) is 1. The zero-order valence-corrected chi connectivity index (χ0v) is 14.0. The van der Waals surface area contributed by atoms with Crippen molar-refractivity contribution in [2.24, 2.45) is 0 Å². The van der Waals surface area contributed by atoms with Crippen molar-refractivity contribution in [3.8, 4) is 0 Å². The Morgan fingerprint density at radius 1 is 1.24 bits per heavy atom. The van der Waals surface area contributed by atoms with E-state index in [1.54, 1.807) is 31.2 Å². The highest BCUT2D eigenvalue weighted by molar-refractivity contribution is 7.90. The number of carbonyl (C=O) groups excluding carboxylic acids is 1. The van der Waals surface area contributed by atoms with Crippen LogP contribution >= 0.6 is 0 Å². The van der Waals surface area contributed by atoms with Gasteiger partial charge in [0.25, 0.3) is 0 Å². The second-order valence-corrected chi connectivity index (χ2v) is 8.07. The maximum atomic E-state index is 11.8. The Labute approximate surface area is 126 Å². The molecule has 6 heteroatoms. The summed E-state index contributed by atoms with van der Waals surface area (Å²) in [5.74, 6) is -0.310. The third kappa shape index (κ3) is 6.27. The van der Waals surface area contributed by atoms with E-state index >= 15 is 0 Å². The Morgan fingerprint density at radius 3 is 2.19 bits per heavy atom. The SMILES string of the molecule is CC(NCc1ccc(S(C)(=O)=O)cc1)C(=O)OC(C)(C)C. The van der Waals surface area contributed by atoms with Crippen molar-refractivity contribution in [1.29, 1.82) is 0 Å². The van der Waals surface area contributed by atoms with E-state index < -0.39 is 21.5 Å². The van der Waals surface area contributed by atoms with Crippen LogP contribution in [0.15, 0.2) is 29.2 Å². The third-order valence-corrected chi connectivity index (χ3v) is 3.85. The summed E-state index contributed by atoms with van der Waals surface area (Å²) in [4.78, 5) is 12.1. The third-order valence-electron chi connectivity index (χ3n) is 2.72. The molecule has 0 aliphatic heterocycles. The van der Waals surface area contributed by atoms with Crippen molar-refractivity contribution in [2.45, 2.75) is 50.8 Å². The van der Waals surface area contributed by atoms with Gasteiger partial charge in [-0.2, -0.15) is 0 Å². The van der Waals surface area contributed by atoms with Gasteiger partial charge in [0, 0.05) is 12.8 Å². The van der Waals surface area contributed by atoms with Crippen LogP contribution in [-0.2, 0) is 25.9 Å². The summed E-state index contributed by atoms with van der Waals surface area (Å²) >= 11 is 0. The summed E-state index contributed by atoms with van der Waals surface area (Å²) in [6.45, 7) is 7.66. The molecule has 1 rings (SSSR count). The molecule has 0 amide bonds. The van der Waals surface area contributed by atoms with Gasteiger partial charge in [0.05, 0.1) is 4.90 Å². The molecule has 21 heavy (non-hydrogen) atoms. The summed E-state index contributed by atoms with van der Waals surface area (Å²) in [5.41, 5.74) is 0.391. The fourth-order valence-electron chi connectivity index (χ4n) is 1.60. The molecule has 0 bridgehead atoms. The number of sulfone groups is 1. The van der Waals surface area contributed by atoms with Crippen LogP contribution in [0.5, 0.6) is 0 Å². The number of rotatable bonds is 5. The van der Waals surface area contributed by atoms with Crippen LogP contribution in [-0.4, -0.2) is 32.3 Å². The van der Waals surface area contributed by atoms with E-state index in [4.69, 9.17) is 4.74 Å². The second kappa shape index (κ2) is 6.58. The summed E-state index contributed by atoms with van der Waals surface area (Å²) in [6, 6.07) is 6.14. The molecular weight excluding hydrogens is 290 g/mol. The Bertz CT molecular complexity index is 585. The predicted molar refractivity (Wildman–Crippen MR) is 81.7 cm³/mol. The molecule has 0 saturated carbocycles. The first-order valence-corrected chi connectivity index (χ1v) is 8.63. The maximum absolute atomic E-state index is 11.8. The molecule has 1 aromatic carbocycles. The molecule has 0 saturated heterocycles. The molecule has 0 aromatic heterocycles. The average Bonchev–Trinajstić information content (AvgIpc) is 2.33. The standard InChI is InChI=1S/C15H23NO4S/c1-11(14(17)20-15(2,3)4)16-10-12-6-8-13(9-7-12)21(5,18)19/h6-9,11,16H,10H2,1-5H3. The molecule has 1 N–H and O–H groups in total. The largest absolute Gasteiger partial charge is 0.459 e. The highest BCUT2D eigenvalue weighted by Crippen LogP contribution is 2.11. The van der Waals surface area contributed by atoms with Gasteiger partial charge in [0.2, 0.25) is 0 Å². The monoisotopic (exact) mass is 313 g/mol. The van der Waals surface area contributed by atoms with Gasteiger partial charge in [-0.3, -0.25) is 4.79 Å². The van der Waals surface area contributed by atoms with Gasteiger partial charge in [-0.25, -0.2) is 8.42 Å². The number of hydrogen-bond donors (Lipinski definition) is 1. The lowest BCUT2D eigenvalue weighted by Gasteiger charge is -2.22. The first-order chi connectivity index (χ1) is 9.49. The number of benzene rings is 1. The van der Waals surface area contributed by atoms with Crippen molar-refractivity contribution in [2.75, 3.05) is 6.26 Å². The van der Waals surface area contributed by atoms with Gasteiger partial charge in [-0.15, -0.1) is 0 Å². The quantitative estimate of drug-likeness (QED) is 0.841. The minimum Gasteiger partial charge on any atom is -0.459 e. The van der Waals surface area contributed by atoms with E-state index in [1.165, 1.54) is 6.26 Å². The van der Waals surface area contributed by atoms with Crippen LogP contribution in [0.3, 0.4) is 0 Å². The summed E-state index contributed by atoms with van der Waals surface area (Å²) in [5, 5.41) is 3.06. The van der Waals surface area contributed by atoms with Crippen molar-refractivity contribution in [3.63, 3.8) is 0 Å². The van der Waals surface area contributed by atoms with E-state index in [9.17, 15) is 13.2 Å². The first kappa shape index (κ1) is 17.7. The predicted octanol–water partition coefficient (Wildman–Crippen LogP) is 1.91. The molecule has 0 aliphatic carbocycles. The van der Waals surface area contributed by atoms with E-state index in [1.807, 2.05) is 20.8 Å². The molecule has 118 valence electrons. The average molecular weight is 313 g/mol.